The van der Waals surface area contributed by atoms with Crippen molar-refractivity contribution in [3.05, 3.63) is 42.0 Å². The molecule has 0 spiro atoms. The lowest BCUT2D eigenvalue weighted by Gasteiger charge is -1.96. The van der Waals surface area contributed by atoms with Gasteiger partial charge in [-0.1, -0.05) is 30.3 Å². The molecule has 0 atom stereocenters. The van der Waals surface area contributed by atoms with Crippen LogP contribution >= 0.6 is 10.7 Å². The zero-order valence-corrected chi connectivity index (χ0v) is 9.64. The minimum atomic E-state index is -3.67. The minimum absolute atomic E-state index is 0.188. The molecule has 0 aromatic carbocycles. The number of aryl methyl sites for hydroxylation is 1. The number of hydrogen-bond donors (Lipinski definition) is 0. The predicted octanol–water partition coefficient (Wildman–Crippen LogP) is 3.03. The maximum atomic E-state index is 11.3. The molecule has 0 unspecified atom stereocenters. The molecule has 2 rings (SSSR count). The van der Waals surface area contributed by atoms with Crippen molar-refractivity contribution in [1.82, 2.24) is 0 Å². The fourth-order valence-electron chi connectivity index (χ4n) is 1.66. The first-order valence-electron chi connectivity index (χ1n) is 4.43. The first-order valence-corrected chi connectivity index (χ1v) is 6.74. The van der Waals surface area contributed by atoms with E-state index in [1.165, 1.54) is 0 Å². The molecule has 0 saturated carbocycles. The van der Waals surface area contributed by atoms with Crippen molar-refractivity contribution in [1.29, 1.82) is 0 Å². The summed E-state index contributed by atoms with van der Waals surface area (Å²) in [5.74, 6) is 0. The molecule has 0 heterocycles. The Hall–Kier alpha value is -1.06. The van der Waals surface area contributed by atoms with E-state index in [4.69, 9.17) is 10.7 Å². The van der Waals surface area contributed by atoms with Gasteiger partial charge in [0.1, 0.15) is 0 Å². The Morgan fingerprint density at radius 3 is 2.27 bits per heavy atom. The molecule has 0 aromatic rings. The summed E-state index contributed by atoms with van der Waals surface area (Å²) in [4.78, 5) is 0.188. The summed E-state index contributed by atoms with van der Waals surface area (Å²) >= 11 is 0. The summed E-state index contributed by atoms with van der Waals surface area (Å²) in [6.45, 7) is 1.87. The van der Waals surface area contributed by atoms with E-state index in [2.05, 4.69) is 0 Å². The van der Waals surface area contributed by atoms with Crippen LogP contribution in [0.5, 0.6) is 0 Å². The van der Waals surface area contributed by atoms with Gasteiger partial charge in [-0.05, 0) is 24.1 Å². The Morgan fingerprint density at radius 1 is 1.07 bits per heavy atom. The van der Waals surface area contributed by atoms with Crippen LogP contribution in [-0.4, -0.2) is 8.42 Å². The molecule has 2 aliphatic rings. The van der Waals surface area contributed by atoms with E-state index >= 15 is 0 Å². The Balaban J connectivity index is 2.84. The van der Waals surface area contributed by atoms with Crippen LogP contribution in [0.4, 0.5) is 0 Å². The first-order chi connectivity index (χ1) is 7.00. The predicted molar refractivity (Wildman–Crippen MR) is 60.8 cm³/mol. The Bertz CT molecular complexity index is 575. The molecule has 0 aromatic heterocycles. The highest BCUT2D eigenvalue weighted by Gasteiger charge is 2.20. The third-order valence-electron chi connectivity index (χ3n) is 2.34. The van der Waals surface area contributed by atoms with E-state index in [1.54, 1.807) is 18.2 Å². The van der Waals surface area contributed by atoms with Gasteiger partial charge >= 0.3 is 0 Å². The molecule has 0 fully saturated rings. The summed E-state index contributed by atoms with van der Waals surface area (Å²) < 4.78 is 22.7. The van der Waals surface area contributed by atoms with Crippen LogP contribution in [0.1, 0.15) is 5.56 Å². The van der Waals surface area contributed by atoms with Crippen molar-refractivity contribution in [2.45, 2.75) is 11.8 Å². The molecule has 0 aliphatic heterocycles. The molecule has 0 N–H and O–H groups in total. The molecule has 0 saturated heterocycles. The van der Waals surface area contributed by atoms with Gasteiger partial charge in [0.25, 0.3) is 9.05 Å². The van der Waals surface area contributed by atoms with Crippen LogP contribution in [0.25, 0.3) is 11.1 Å². The normalized spacial score (nSPS) is 11.9. The van der Waals surface area contributed by atoms with Gasteiger partial charge in [0.15, 0.2) is 0 Å². The molecular weight excluding hydrogens is 232 g/mol. The molecule has 2 aliphatic carbocycles. The Labute approximate surface area is 93.3 Å². The average Bonchev–Trinajstić information content (AvgIpc) is 2.37. The zero-order valence-electron chi connectivity index (χ0n) is 8.07. The van der Waals surface area contributed by atoms with Crippen LogP contribution < -0.4 is 0 Å². The van der Waals surface area contributed by atoms with Crippen molar-refractivity contribution in [2.24, 2.45) is 0 Å². The maximum absolute atomic E-state index is 11.3. The Morgan fingerprint density at radius 2 is 1.67 bits per heavy atom. The standard InChI is InChI=1S/C11H9ClO2S/c1-8-7-11(15(12,13)14)10-6-4-2-3-5-9(8)10/h2-7H,1H3. The van der Waals surface area contributed by atoms with Crippen molar-refractivity contribution >= 4 is 19.7 Å². The van der Waals surface area contributed by atoms with Crippen molar-refractivity contribution in [3.8, 4) is 11.1 Å². The van der Waals surface area contributed by atoms with Crippen LogP contribution in [0.15, 0.2) is 41.3 Å². The van der Waals surface area contributed by atoms with Gasteiger partial charge in [-0.25, -0.2) is 8.42 Å². The maximum Gasteiger partial charge on any atom is 0.261 e. The highest BCUT2D eigenvalue weighted by molar-refractivity contribution is 8.13. The number of hydrogen-bond acceptors (Lipinski definition) is 2. The largest absolute Gasteiger partial charge is 0.261 e. The molecule has 0 radical (unpaired) electrons. The quantitative estimate of drug-likeness (QED) is 0.718. The van der Waals surface area contributed by atoms with Gasteiger partial charge in [0, 0.05) is 16.2 Å². The lowest BCUT2D eigenvalue weighted by Crippen LogP contribution is -1.88. The minimum Gasteiger partial charge on any atom is -0.207 e. The van der Waals surface area contributed by atoms with Gasteiger partial charge in [-0.2, -0.15) is 0 Å². The van der Waals surface area contributed by atoms with Gasteiger partial charge in [-0.15, -0.1) is 0 Å². The highest BCUT2D eigenvalue weighted by atomic mass is 35.7. The number of fused-ring (bicyclic) bond motifs is 1. The van der Waals surface area contributed by atoms with Crippen LogP contribution in [-0.2, 0) is 9.05 Å². The lowest BCUT2D eigenvalue weighted by molar-refractivity contribution is 0.610. The lowest BCUT2D eigenvalue weighted by atomic mass is 10.1. The second kappa shape index (κ2) is 3.51. The van der Waals surface area contributed by atoms with E-state index < -0.39 is 9.05 Å². The third-order valence-corrected chi connectivity index (χ3v) is 3.70. The molecule has 2 nitrogen and oxygen atoms in total. The molecular formula is C11H9ClO2S. The van der Waals surface area contributed by atoms with Crippen molar-refractivity contribution in [3.63, 3.8) is 0 Å². The molecule has 15 heavy (non-hydrogen) atoms. The zero-order chi connectivity index (χ0) is 11.1. The van der Waals surface area contributed by atoms with Crippen molar-refractivity contribution in [2.75, 3.05) is 0 Å². The van der Waals surface area contributed by atoms with E-state index in [0.717, 1.165) is 11.1 Å². The summed E-state index contributed by atoms with van der Waals surface area (Å²) in [5.41, 5.74) is 2.51. The SMILES string of the molecule is Cc1cc(S(=O)(=O)Cl)c2cccccc1-2. The number of rotatable bonds is 1. The van der Waals surface area contributed by atoms with E-state index in [-0.39, 0.29) is 4.90 Å². The summed E-state index contributed by atoms with van der Waals surface area (Å²) in [6, 6.07) is 10.8. The molecule has 0 amide bonds. The van der Waals surface area contributed by atoms with Gasteiger partial charge < -0.3 is 0 Å². The van der Waals surface area contributed by atoms with Crippen LogP contribution in [0.3, 0.4) is 0 Å². The molecule has 4 heteroatoms. The number of halogens is 1. The fourth-order valence-corrected chi connectivity index (χ4v) is 2.80. The van der Waals surface area contributed by atoms with E-state index in [0.29, 0.717) is 5.56 Å². The van der Waals surface area contributed by atoms with E-state index in [1.807, 2.05) is 25.1 Å². The van der Waals surface area contributed by atoms with Crippen LogP contribution in [0.2, 0.25) is 0 Å². The summed E-state index contributed by atoms with van der Waals surface area (Å²) in [5, 5.41) is 0. The fraction of sp³-hybridized carbons (Fsp3) is 0.0909. The van der Waals surface area contributed by atoms with Gasteiger partial charge in [0.2, 0.25) is 0 Å². The monoisotopic (exact) mass is 240 g/mol. The van der Waals surface area contributed by atoms with Gasteiger partial charge in [-0.3, -0.25) is 0 Å². The summed E-state index contributed by atoms with van der Waals surface area (Å²) in [6.07, 6.45) is 0. The van der Waals surface area contributed by atoms with Gasteiger partial charge in [0.05, 0.1) is 4.90 Å². The van der Waals surface area contributed by atoms with Crippen LogP contribution in [0, 0.1) is 6.92 Å². The molecule has 0 bridgehead atoms. The Kier molecular flexibility index (Phi) is 2.44. The molecule has 78 valence electrons. The van der Waals surface area contributed by atoms with E-state index in [9.17, 15) is 8.42 Å². The summed E-state index contributed by atoms with van der Waals surface area (Å²) in [7, 11) is 1.70. The second-order valence-electron chi connectivity index (χ2n) is 3.37. The smallest absolute Gasteiger partial charge is 0.207 e. The average molecular weight is 241 g/mol. The third kappa shape index (κ3) is 1.85. The van der Waals surface area contributed by atoms with Crippen molar-refractivity contribution < 1.29 is 8.42 Å². The second-order valence-corrected chi connectivity index (χ2v) is 5.90. The first kappa shape index (κ1) is 10.5. The highest BCUT2D eigenvalue weighted by Crippen LogP contribution is 2.35. The topological polar surface area (TPSA) is 34.1 Å².